The second-order valence-corrected chi connectivity index (χ2v) is 11.1. The quantitative estimate of drug-likeness (QED) is 0.508. The molecule has 2 atom stereocenters. The molecule has 2 heterocycles. The number of ether oxygens (including phenoxy) is 1. The first-order valence-electron chi connectivity index (χ1n) is 11.8. The van der Waals surface area contributed by atoms with Crippen LogP contribution in [0.3, 0.4) is 0 Å². The van der Waals surface area contributed by atoms with Crippen LogP contribution in [-0.4, -0.2) is 54.1 Å². The molecule has 5 rings (SSSR count). The topological polar surface area (TPSA) is 54.5 Å². The molecule has 1 spiro atoms. The number of thioether (sulfide) groups is 1. The van der Waals surface area contributed by atoms with Gasteiger partial charge in [0.2, 0.25) is 5.91 Å². The Morgan fingerprint density at radius 2 is 1.91 bits per heavy atom. The van der Waals surface area contributed by atoms with Gasteiger partial charge in [-0.1, -0.05) is 54.6 Å². The van der Waals surface area contributed by atoms with E-state index >= 15 is 0 Å². The van der Waals surface area contributed by atoms with Crippen LogP contribution in [0, 0.1) is 0 Å². The molecule has 7 heteroatoms. The second kappa shape index (κ2) is 10.2. The van der Waals surface area contributed by atoms with Gasteiger partial charge in [-0.05, 0) is 43.3 Å². The highest BCUT2D eigenvalue weighted by molar-refractivity contribution is 7.99. The highest BCUT2D eigenvalue weighted by Gasteiger charge is 2.53. The van der Waals surface area contributed by atoms with Crippen molar-refractivity contribution in [2.45, 2.75) is 36.9 Å². The van der Waals surface area contributed by atoms with Gasteiger partial charge in [-0.25, -0.2) is 4.98 Å². The summed E-state index contributed by atoms with van der Waals surface area (Å²) in [6.07, 6.45) is 5.96. The number of piperidine rings is 1. The lowest BCUT2D eigenvalue weighted by Gasteiger charge is -2.44. The number of benzene rings is 2. The predicted molar refractivity (Wildman–Crippen MR) is 140 cm³/mol. The molecule has 2 aliphatic rings. The van der Waals surface area contributed by atoms with E-state index in [1.54, 1.807) is 30.2 Å². The van der Waals surface area contributed by atoms with E-state index in [0.717, 1.165) is 37.5 Å². The van der Waals surface area contributed by atoms with Gasteiger partial charge in [0, 0.05) is 35.7 Å². The molecule has 0 saturated carbocycles. The number of thiazole rings is 1. The standard InChI is InChI=1S/C27H31N3O2S2/c1-32-25-24(29-23(31)18-33-2)21-10-6-7-11-22(21)27(25)12-14-30(15-13-27)17-20-16-28-26(34-20)19-8-4-3-5-9-19/h3-11,16,24-25H,12-15,17-18H2,1-2H3,(H,29,31)/t24-,25+/m0/s1. The Labute approximate surface area is 209 Å². The number of carbonyl (C=O) groups excluding carboxylic acids is 1. The van der Waals surface area contributed by atoms with Crippen molar-refractivity contribution >= 4 is 29.0 Å². The number of hydrogen-bond acceptors (Lipinski definition) is 6. The highest BCUT2D eigenvalue weighted by atomic mass is 32.2. The Morgan fingerprint density at radius 1 is 1.18 bits per heavy atom. The number of rotatable bonds is 7. The van der Waals surface area contributed by atoms with Gasteiger partial charge in [-0.3, -0.25) is 9.69 Å². The van der Waals surface area contributed by atoms with Crippen LogP contribution in [0.2, 0.25) is 0 Å². The van der Waals surface area contributed by atoms with Gasteiger partial charge in [0.15, 0.2) is 0 Å². The number of nitrogens with one attached hydrogen (secondary N) is 1. The fourth-order valence-corrected chi connectivity index (χ4v) is 7.00. The average molecular weight is 494 g/mol. The fourth-order valence-electron chi connectivity index (χ4n) is 5.70. The maximum atomic E-state index is 12.5. The van der Waals surface area contributed by atoms with E-state index in [1.807, 2.05) is 18.5 Å². The summed E-state index contributed by atoms with van der Waals surface area (Å²) < 4.78 is 6.14. The maximum absolute atomic E-state index is 12.5. The monoisotopic (exact) mass is 493 g/mol. The Hall–Kier alpha value is -2.19. The summed E-state index contributed by atoms with van der Waals surface area (Å²) >= 11 is 3.33. The molecule has 1 fully saturated rings. The molecule has 1 amide bonds. The summed E-state index contributed by atoms with van der Waals surface area (Å²) in [6.45, 7) is 2.92. The molecule has 0 radical (unpaired) electrons. The van der Waals surface area contributed by atoms with E-state index < -0.39 is 0 Å². The van der Waals surface area contributed by atoms with Crippen LogP contribution in [0.25, 0.3) is 10.6 Å². The molecule has 1 saturated heterocycles. The number of likely N-dealkylation sites (tertiary alicyclic amines) is 1. The summed E-state index contributed by atoms with van der Waals surface area (Å²) in [4.78, 5) is 21.0. The fraction of sp³-hybridized carbons (Fsp3) is 0.407. The Balaban J connectivity index is 1.31. The third-order valence-corrected chi connectivity index (χ3v) is 8.81. The molecular weight excluding hydrogens is 462 g/mol. The predicted octanol–water partition coefficient (Wildman–Crippen LogP) is 4.89. The lowest BCUT2D eigenvalue weighted by atomic mass is 9.72. The third-order valence-electron chi connectivity index (χ3n) is 7.23. The number of carbonyl (C=O) groups is 1. The summed E-state index contributed by atoms with van der Waals surface area (Å²) in [5.41, 5.74) is 3.67. The van der Waals surface area contributed by atoms with Crippen LogP contribution in [0.1, 0.15) is 34.9 Å². The van der Waals surface area contributed by atoms with E-state index in [4.69, 9.17) is 4.74 Å². The highest BCUT2D eigenvalue weighted by Crippen LogP contribution is 2.52. The number of amides is 1. The smallest absolute Gasteiger partial charge is 0.230 e. The molecule has 34 heavy (non-hydrogen) atoms. The molecule has 1 aromatic heterocycles. The summed E-state index contributed by atoms with van der Waals surface area (Å²) in [5, 5.41) is 4.35. The number of fused-ring (bicyclic) bond motifs is 2. The summed E-state index contributed by atoms with van der Waals surface area (Å²) in [6, 6.07) is 18.9. The third kappa shape index (κ3) is 4.42. The molecule has 0 unspecified atom stereocenters. The molecule has 1 N–H and O–H groups in total. The van der Waals surface area contributed by atoms with Gasteiger partial charge in [0.05, 0.1) is 17.9 Å². The van der Waals surface area contributed by atoms with Crippen LogP contribution in [-0.2, 0) is 21.5 Å². The van der Waals surface area contributed by atoms with E-state index in [9.17, 15) is 4.79 Å². The van der Waals surface area contributed by atoms with Crippen molar-refractivity contribution in [2.75, 3.05) is 32.2 Å². The summed E-state index contributed by atoms with van der Waals surface area (Å²) in [5.74, 6) is 0.540. The molecule has 1 aliphatic heterocycles. The van der Waals surface area contributed by atoms with Gasteiger partial charge in [0.25, 0.3) is 0 Å². The lowest BCUT2D eigenvalue weighted by molar-refractivity contribution is -0.121. The number of methoxy groups -OCH3 is 1. The van der Waals surface area contributed by atoms with Gasteiger partial charge >= 0.3 is 0 Å². The largest absolute Gasteiger partial charge is 0.378 e. The van der Waals surface area contributed by atoms with Gasteiger partial charge in [-0.2, -0.15) is 11.8 Å². The van der Waals surface area contributed by atoms with E-state index in [-0.39, 0.29) is 23.5 Å². The van der Waals surface area contributed by atoms with Crippen molar-refractivity contribution in [3.05, 3.63) is 76.8 Å². The van der Waals surface area contributed by atoms with Crippen molar-refractivity contribution in [2.24, 2.45) is 0 Å². The van der Waals surface area contributed by atoms with Crippen molar-refractivity contribution in [3.8, 4) is 10.6 Å². The number of hydrogen-bond donors (Lipinski definition) is 1. The van der Waals surface area contributed by atoms with Gasteiger partial charge in [0.1, 0.15) is 5.01 Å². The average Bonchev–Trinajstić information content (AvgIpc) is 3.43. The molecular formula is C27H31N3O2S2. The zero-order valence-corrected chi connectivity index (χ0v) is 21.3. The maximum Gasteiger partial charge on any atom is 0.230 e. The summed E-state index contributed by atoms with van der Waals surface area (Å²) in [7, 11) is 1.79. The van der Waals surface area contributed by atoms with Gasteiger partial charge in [-0.15, -0.1) is 11.3 Å². The molecule has 0 bridgehead atoms. The molecule has 2 aromatic carbocycles. The molecule has 1 aliphatic carbocycles. The SMILES string of the molecule is CO[C@@H]1[C@@H](NC(=O)CSC)c2ccccc2C12CCN(Cc1cnc(-c3ccccc3)s1)CC2. The van der Waals surface area contributed by atoms with Gasteiger partial charge < -0.3 is 10.1 Å². The van der Waals surface area contributed by atoms with Crippen molar-refractivity contribution < 1.29 is 9.53 Å². The minimum Gasteiger partial charge on any atom is -0.378 e. The molecule has 178 valence electrons. The normalized spacial score (nSPS) is 21.5. The lowest BCUT2D eigenvalue weighted by Crippen LogP contribution is -2.50. The minimum absolute atomic E-state index is 0.0501. The zero-order valence-electron chi connectivity index (χ0n) is 19.7. The Kier molecular flexibility index (Phi) is 7.06. The number of aromatic nitrogens is 1. The van der Waals surface area contributed by atoms with E-state index in [2.05, 4.69) is 63.7 Å². The molecule has 5 nitrogen and oxygen atoms in total. The first kappa shape index (κ1) is 23.5. The van der Waals surface area contributed by atoms with Crippen LogP contribution in [0.5, 0.6) is 0 Å². The van der Waals surface area contributed by atoms with Crippen LogP contribution in [0.4, 0.5) is 0 Å². The zero-order chi connectivity index (χ0) is 23.5. The molecule has 3 aromatic rings. The first-order chi connectivity index (χ1) is 16.6. The Morgan fingerprint density at radius 3 is 2.65 bits per heavy atom. The van der Waals surface area contributed by atoms with Crippen LogP contribution in [0.15, 0.2) is 60.8 Å². The first-order valence-corrected chi connectivity index (χ1v) is 14.0. The van der Waals surface area contributed by atoms with Crippen LogP contribution >= 0.6 is 23.1 Å². The van der Waals surface area contributed by atoms with Crippen molar-refractivity contribution in [1.29, 1.82) is 0 Å². The Bertz CT molecular complexity index is 1130. The number of nitrogens with zero attached hydrogens (tertiary/aromatic N) is 2. The van der Waals surface area contributed by atoms with Crippen molar-refractivity contribution in [1.82, 2.24) is 15.2 Å². The van der Waals surface area contributed by atoms with Crippen molar-refractivity contribution in [3.63, 3.8) is 0 Å². The van der Waals surface area contributed by atoms with E-state index in [1.165, 1.54) is 21.6 Å². The van der Waals surface area contributed by atoms with E-state index in [0.29, 0.717) is 5.75 Å². The minimum atomic E-state index is -0.0951. The second-order valence-electron chi connectivity index (χ2n) is 9.15. The van der Waals surface area contributed by atoms with Crippen LogP contribution < -0.4 is 5.32 Å².